The van der Waals surface area contributed by atoms with Gasteiger partial charge in [0.15, 0.2) is 0 Å². The predicted octanol–water partition coefficient (Wildman–Crippen LogP) is 8.47. The molecule has 0 heterocycles. The second-order valence-electron chi connectivity index (χ2n) is 10.5. The van der Waals surface area contributed by atoms with Gasteiger partial charge in [0, 0.05) is 6.04 Å². The third kappa shape index (κ3) is 8.28. The highest BCUT2D eigenvalue weighted by molar-refractivity contribution is 5.30. The van der Waals surface area contributed by atoms with Crippen molar-refractivity contribution in [3.8, 4) is 5.75 Å². The van der Waals surface area contributed by atoms with Crippen LogP contribution in [0.2, 0.25) is 0 Å². The van der Waals surface area contributed by atoms with Gasteiger partial charge in [-0.25, -0.2) is 0 Å². The zero-order valence-electron chi connectivity index (χ0n) is 21.7. The minimum Gasteiger partial charge on any atom is -0.491 e. The molecule has 0 fully saturated rings. The molecule has 3 atom stereocenters. The van der Waals surface area contributed by atoms with E-state index in [1.807, 2.05) is 7.05 Å². The van der Waals surface area contributed by atoms with E-state index in [1.54, 1.807) is 0 Å². The lowest BCUT2D eigenvalue weighted by molar-refractivity contribution is 0.206. The second-order valence-corrected chi connectivity index (χ2v) is 10.5. The van der Waals surface area contributed by atoms with Gasteiger partial charge in [-0.05, 0) is 92.7 Å². The molecule has 0 aliphatic heterocycles. The summed E-state index contributed by atoms with van der Waals surface area (Å²) >= 11 is 0. The van der Waals surface area contributed by atoms with Gasteiger partial charge in [0.2, 0.25) is 0 Å². The van der Waals surface area contributed by atoms with Gasteiger partial charge in [0.1, 0.15) is 5.75 Å². The summed E-state index contributed by atoms with van der Waals surface area (Å²) in [6.45, 7) is 13.6. The molecule has 2 aromatic carbocycles. The summed E-state index contributed by atoms with van der Waals surface area (Å²) in [7, 11) is 2.03. The fraction of sp³-hybridized carbons (Fsp3) is 0.600. The minimum atomic E-state index is 0.179. The summed E-state index contributed by atoms with van der Waals surface area (Å²) in [5, 5.41) is 3.44. The average Bonchev–Trinajstić information content (AvgIpc) is 2.76. The van der Waals surface area contributed by atoms with Crippen LogP contribution in [0, 0.1) is 5.41 Å². The number of benzene rings is 2. The molecule has 2 heteroatoms. The van der Waals surface area contributed by atoms with Crippen molar-refractivity contribution in [1.82, 2.24) is 5.32 Å². The predicted molar refractivity (Wildman–Crippen MR) is 140 cm³/mol. The molecule has 0 bridgehead atoms. The van der Waals surface area contributed by atoms with E-state index in [1.165, 1.54) is 48.8 Å². The quantitative estimate of drug-likeness (QED) is 0.317. The molecule has 2 nitrogen and oxygen atoms in total. The van der Waals surface area contributed by atoms with Crippen molar-refractivity contribution < 1.29 is 4.74 Å². The van der Waals surface area contributed by atoms with E-state index in [4.69, 9.17) is 4.74 Å². The Morgan fingerprint density at radius 3 is 2.00 bits per heavy atom. The van der Waals surface area contributed by atoms with Crippen molar-refractivity contribution in [2.75, 3.05) is 7.05 Å². The van der Waals surface area contributed by atoms with E-state index >= 15 is 0 Å². The van der Waals surface area contributed by atoms with Crippen LogP contribution >= 0.6 is 0 Å². The average molecular weight is 438 g/mol. The summed E-state index contributed by atoms with van der Waals surface area (Å²) in [5.41, 5.74) is 4.46. The molecular formula is C30H47NO. The maximum Gasteiger partial charge on any atom is 0.119 e. The fourth-order valence-corrected chi connectivity index (χ4v) is 4.80. The minimum absolute atomic E-state index is 0.179. The van der Waals surface area contributed by atoms with Gasteiger partial charge in [0.25, 0.3) is 0 Å². The highest BCUT2D eigenvalue weighted by Gasteiger charge is 2.24. The Kier molecular flexibility index (Phi) is 10.8. The summed E-state index contributed by atoms with van der Waals surface area (Å²) in [6.07, 6.45) is 8.69. The lowest BCUT2D eigenvalue weighted by atomic mass is 9.82. The first-order valence-electron chi connectivity index (χ1n) is 12.8. The molecule has 178 valence electrons. The molecule has 3 unspecified atom stereocenters. The Hall–Kier alpha value is -1.80. The Morgan fingerprint density at radius 1 is 0.844 bits per heavy atom. The lowest BCUT2D eigenvalue weighted by Gasteiger charge is -2.31. The molecule has 0 aliphatic carbocycles. The molecule has 0 saturated heterocycles. The maximum absolute atomic E-state index is 6.18. The van der Waals surface area contributed by atoms with E-state index in [2.05, 4.69) is 95.4 Å². The maximum atomic E-state index is 6.18. The third-order valence-corrected chi connectivity index (χ3v) is 6.61. The monoisotopic (exact) mass is 437 g/mol. The smallest absolute Gasteiger partial charge is 0.119 e. The van der Waals surface area contributed by atoms with E-state index in [0.29, 0.717) is 6.04 Å². The van der Waals surface area contributed by atoms with E-state index in [9.17, 15) is 0 Å². The van der Waals surface area contributed by atoms with E-state index in [0.717, 1.165) is 24.5 Å². The van der Waals surface area contributed by atoms with Crippen LogP contribution in [-0.4, -0.2) is 13.2 Å². The number of hydrogen-bond donors (Lipinski definition) is 1. The summed E-state index contributed by atoms with van der Waals surface area (Å²) < 4.78 is 6.18. The largest absolute Gasteiger partial charge is 0.491 e. The topological polar surface area (TPSA) is 21.3 Å². The third-order valence-electron chi connectivity index (χ3n) is 6.61. The Balaban J connectivity index is 1.75. The summed E-state index contributed by atoms with van der Waals surface area (Å²) in [4.78, 5) is 0. The SMILES string of the molecule is CCCC(CC)c1ccc(CCCCC(C)Oc2ccc(C(NC)C(C)(C)C)cc2)cc1. The molecule has 0 spiro atoms. The van der Waals surface area contributed by atoms with Crippen molar-refractivity contribution in [3.63, 3.8) is 0 Å². The number of rotatable bonds is 13. The first-order chi connectivity index (χ1) is 15.3. The Morgan fingerprint density at radius 2 is 1.47 bits per heavy atom. The number of unbranched alkanes of at least 4 members (excludes halogenated alkanes) is 1. The molecule has 0 aliphatic rings. The van der Waals surface area contributed by atoms with Gasteiger partial charge >= 0.3 is 0 Å². The fourth-order valence-electron chi connectivity index (χ4n) is 4.80. The van der Waals surface area contributed by atoms with Crippen LogP contribution < -0.4 is 10.1 Å². The van der Waals surface area contributed by atoms with Gasteiger partial charge in [-0.1, -0.05) is 77.4 Å². The van der Waals surface area contributed by atoms with Crippen molar-refractivity contribution in [1.29, 1.82) is 0 Å². The van der Waals surface area contributed by atoms with Crippen LogP contribution in [0.25, 0.3) is 0 Å². The van der Waals surface area contributed by atoms with Gasteiger partial charge in [-0.15, -0.1) is 0 Å². The molecule has 2 aromatic rings. The highest BCUT2D eigenvalue weighted by Crippen LogP contribution is 2.33. The first kappa shape index (κ1) is 26.5. The molecule has 0 saturated carbocycles. The van der Waals surface area contributed by atoms with Crippen LogP contribution in [0.1, 0.15) is 109 Å². The van der Waals surface area contributed by atoms with Gasteiger partial charge < -0.3 is 10.1 Å². The van der Waals surface area contributed by atoms with Crippen LogP contribution in [0.15, 0.2) is 48.5 Å². The molecule has 2 rings (SSSR count). The number of ether oxygens (including phenoxy) is 1. The van der Waals surface area contributed by atoms with Crippen LogP contribution in [0.4, 0.5) is 0 Å². The zero-order chi connectivity index (χ0) is 23.6. The lowest BCUT2D eigenvalue weighted by Crippen LogP contribution is -2.29. The number of aryl methyl sites for hydroxylation is 1. The molecule has 1 N–H and O–H groups in total. The van der Waals surface area contributed by atoms with Gasteiger partial charge in [-0.3, -0.25) is 0 Å². The molecule has 0 amide bonds. The van der Waals surface area contributed by atoms with Crippen molar-refractivity contribution in [2.45, 2.75) is 105 Å². The highest BCUT2D eigenvalue weighted by atomic mass is 16.5. The van der Waals surface area contributed by atoms with Gasteiger partial charge in [0.05, 0.1) is 6.10 Å². The molecule has 0 aromatic heterocycles. The Bertz CT molecular complexity index is 757. The summed E-state index contributed by atoms with van der Waals surface area (Å²) in [6, 6.07) is 18.3. The molecule has 0 radical (unpaired) electrons. The second kappa shape index (κ2) is 13.0. The van der Waals surface area contributed by atoms with Crippen LogP contribution in [0.5, 0.6) is 5.75 Å². The van der Waals surface area contributed by atoms with E-state index < -0.39 is 0 Å². The Labute approximate surface area is 198 Å². The zero-order valence-corrected chi connectivity index (χ0v) is 21.7. The van der Waals surface area contributed by atoms with Crippen molar-refractivity contribution >= 4 is 0 Å². The van der Waals surface area contributed by atoms with Crippen LogP contribution in [0.3, 0.4) is 0 Å². The number of nitrogens with one attached hydrogen (secondary N) is 1. The standard InChI is InChI=1S/C30H47NO/c1-8-12-25(9-2)26-17-15-24(16-18-26)14-11-10-13-23(3)32-28-21-19-27(20-22-28)29(31-7)30(4,5)6/h15-23,25,29,31H,8-14H2,1-7H3. The normalized spacial score (nSPS) is 14.7. The van der Waals surface area contributed by atoms with E-state index in [-0.39, 0.29) is 11.5 Å². The van der Waals surface area contributed by atoms with Gasteiger partial charge in [-0.2, -0.15) is 0 Å². The number of hydrogen-bond acceptors (Lipinski definition) is 2. The molecule has 32 heavy (non-hydrogen) atoms. The molecular weight excluding hydrogens is 390 g/mol. The van der Waals surface area contributed by atoms with Crippen molar-refractivity contribution in [2.24, 2.45) is 5.41 Å². The first-order valence-corrected chi connectivity index (χ1v) is 12.8. The summed E-state index contributed by atoms with van der Waals surface area (Å²) in [5.74, 6) is 1.69. The van der Waals surface area contributed by atoms with Crippen molar-refractivity contribution in [3.05, 3.63) is 65.2 Å². The van der Waals surface area contributed by atoms with Crippen LogP contribution in [-0.2, 0) is 6.42 Å².